The second kappa shape index (κ2) is 11.6. The number of phenols is 1. The van der Waals surface area contributed by atoms with Crippen molar-refractivity contribution in [2.45, 2.75) is 30.9 Å². The van der Waals surface area contributed by atoms with Gasteiger partial charge in [-0.2, -0.15) is 22.0 Å². The molecule has 43 heavy (non-hydrogen) atoms. The summed E-state index contributed by atoms with van der Waals surface area (Å²) in [7, 11) is 1.43. The molecule has 15 heteroatoms. The van der Waals surface area contributed by atoms with Crippen molar-refractivity contribution in [3.05, 3.63) is 66.0 Å². The van der Waals surface area contributed by atoms with Crippen molar-refractivity contribution in [1.82, 2.24) is 15.2 Å². The number of amides is 1. The number of pyridine rings is 1. The number of phenolic OH excluding ortho intramolecular Hbond substituents is 1. The minimum absolute atomic E-state index is 0.0377. The lowest BCUT2D eigenvalue weighted by Crippen LogP contribution is -2.55. The number of nitrogens with zero attached hydrogens (tertiary/aromatic N) is 2. The number of alkyl halides is 5. The Morgan fingerprint density at radius 3 is 2.51 bits per heavy atom. The predicted octanol–water partition coefficient (Wildman–Crippen LogP) is 4.92. The number of aromatic hydroxyl groups is 1. The summed E-state index contributed by atoms with van der Waals surface area (Å²) < 4.78 is 80.9. The number of benzene rings is 2. The summed E-state index contributed by atoms with van der Waals surface area (Å²) in [6.45, 7) is 1.84. The Labute approximate surface area is 243 Å². The van der Waals surface area contributed by atoms with Crippen molar-refractivity contribution in [3.63, 3.8) is 0 Å². The van der Waals surface area contributed by atoms with E-state index in [9.17, 15) is 31.9 Å². The number of carbonyl (C=O) groups is 1. The third-order valence-electron chi connectivity index (χ3n) is 6.95. The molecule has 1 amide bonds. The fourth-order valence-electron chi connectivity index (χ4n) is 4.82. The first-order valence-electron chi connectivity index (χ1n) is 13.4. The van der Waals surface area contributed by atoms with Gasteiger partial charge in [-0.15, -0.1) is 0 Å². The molecular formula is C28H29F5N6O4. The molecule has 1 aromatic heterocycles. The van der Waals surface area contributed by atoms with Crippen molar-refractivity contribution in [2.75, 3.05) is 49.2 Å². The molecule has 1 atom stereocenters. The average Bonchev–Trinajstić information content (AvgIpc) is 3.59. The van der Waals surface area contributed by atoms with Crippen LogP contribution in [0.2, 0.25) is 0 Å². The fraction of sp³-hybridized carbons (Fsp3) is 0.357. The van der Waals surface area contributed by atoms with Crippen LogP contribution in [0.3, 0.4) is 0 Å². The molecule has 3 heterocycles. The smallest absolute Gasteiger partial charge is 0.458 e. The van der Waals surface area contributed by atoms with Crippen molar-refractivity contribution in [2.24, 2.45) is 0 Å². The SMILES string of the molecule is CNC(=O)c1cc(OC2(Nc3ccc(C(F)(F)C(F)(F)F)c(OCCN4CCCC4)c3)Nc3ccc(O)cc3N2)ccn1. The van der Waals surface area contributed by atoms with Crippen LogP contribution in [0.25, 0.3) is 0 Å². The summed E-state index contributed by atoms with van der Waals surface area (Å²) >= 11 is 0. The summed E-state index contributed by atoms with van der Waals surface area (Å²) in [5.41, 5.74) is -0.387. The van der Waals surface area contributed by atoms with Gasteiger partial charge in [0, 0.05) is 43.7 Å². The molecule has 1 unspecified atom stereocenters. The van der Waals surface area contributed by atoms with Gasteiger partial charge in [0.25, 0.3) is 5.91 Å². The van der Waals surface area contributed by atoms with E-state index in [2.05, 4.69) is 26.3 Å². The Balaban J connectivity index is 1.48. The maximum absolute atomic E-state index is 14.6. The Morgan fingerprint density at radius 2 is 1.79 bits per heavy atom. The number of anilines is 3. The Kier molecular flexibility index (Phi) is 8.10. The standard InChI is InChI=1S/C28H29F5N6O4/c1-34-25(41)23-16-19(8-9-35-23)43-28(37-21-7-5-18(40)15-22(21)38-28)36-17-4-6-20(26(29,30)27(31,32)33)24(14-17)42-13-12-39-10-2-3-11-39/h4-9,14-16,36-38,40H,2-3,10-13H2,1H3,(H,34,41). The molecule has 230 valence electrons. The Hall–Kier alpha value is -4.53. The summed E-state index contributed by atoms with van der Waals surface area (Å²) in [6.07, 6.45) is -2.56. The van der Waals surface area contributed by atoms with E-state index in [0.29, 0.717) is 24.0 Å². The van der Waals surface area contributed by atoms with Crippen LogP contribution in [0.1, 0.15) is 28.9 Å². The Bertz CT molecular complexity index is 1480. The van der Waals surface area contributed by atoms with E-state index in [1.54, 1.807) is 6.07 Å². The molecule has 2 aliphatic rings. The molecule has 5 N–H and O–H groups in total. The van der Waals surface area contributed by atoms with Crippen LogP contribution in [-0.4, -0.2) is 66.3 Å². The van der Waals surface area contributed by atoms with Crippen LogP contribution in [0, 0.1) is 0 Å². The van der Waals surface area contributed by atoms with Gasteiger partial charge in [-0.3, -0.25) is 14.7 Å². The molecule has 1 saturated heterocycles. The van der Waals surface area contributed by atoms with E-state index in [-0.39, 0.29) is 29.5 Å². The second-order valence-electron chi connectivity index (χ2n) is 10.0. The first-order chi connectivity index (χ1) is 20.4. The highest BCUT2D eigenvalue weighted by atomic mass is 19.4. The largest absolute Gasteiger partial charge is 0.508 e. The van der Waals surface area contributed by atoms with Gasteiger partial charge in [0.05, 0.1) is 16.9 Å². The van der Waals surface area contributed by atoms with Crippen LogP contribution < -0.4 is 30.7 Å². The van der Waals surface area contributed by atoms with E-state index in [1.165, 1.54) is 37.5 Å². The molecule has 5 rings (SSSR count). The Morgan fingerprint density at radius 1 is 1.05 bits per heavy atom. The minimum Gasteiger partial charge on any atom is -0.508 e. The van der Waals surface area contributed by atoms with Crippen LogP contribution in [-0.2, 0) is 5.92 Å². The first-order valence-corrected chi connectivity index (χ1v) is 13.4. The molecule has 0 radical (unpaired) electrons. The monoisotopic (exact) mass is 608 g/mol. The van der Waals surface area contributed by atoms with Gasteiger partial charge in [0.15, 0.2) is 0 Å². The molecule has 2 aliphatic heterocycles. The molecule has 10 nitrogen and oxygen atoms in total. The van der Waals surface area contributed by atoms with Crippen LogP contribution in [0.5, 0.6) is 17.2 Å². The summed E-state index contributed by atoms with van der Waals surface area (Å²) in [6, 6.07) is 9.91. The summed E-state index contributed by atoms with van der Waals surface area (Å²) in [5.74, 6) is -8.00. The topological polar surface area (TPSA) is 120 Å². The van der Waals surface area contributed by atoms with Gasteiger partial charge in [-0.25, -0.2) is 0 Å². The van der Waals surface area contributed by atoms with Crippen LogP contribution >= 0.6 is 0 Å². The lowest BCUT2D eigenvalue weighted by molar-refractivity contribution is -0.289. The van der Waals surface area contributed by atoms with Crippen molar-refractivity contribution < 1.29 is 41.3 Å². The molecule has 1 fully saturated rings. The number of carbonyl (C=O) groups excluding carboxylic acids is 1. The van der Waals surface area contributed by atoms with Crippen molar-refractivity contribution >= 4 is 23.0 Å². The van der Waals surface area contributed by atoms with Gasteiger partial charge in [0.1, 0.15) is 29.5 Å². The summed E-state index contributed by atoms with van der Waals surface area (Å²) in [5, 5.41) is 21.5. The average molecular weight is 609 g/mol. The maximum atomic E-state index is 14.6. The van der Waals surface area contributed by atoms with Gasteiger partial charge in [0.2, 0.25) is 0 Å². The number of fused-ring (bicyclic) bond motifs is 1. The van der Waals surface area contributed by atoms with E-state index >= 15 is 0 Å². The number of hydrogen-bond donors (Lipinski definition) is 5. The zero-order chi connectivity index (χ0) is 30.8. The van der Waals surface area contributed by atoms with Crippen LogP contribution in [0.15, 0.2) is 54.7 Å². The number of aromatic nitrogens is 1. The first kappa shape index (κ1) is 29.9. The molecule has 0 spiro atoms. The third kappa shape index (κ3) is 6.45. The van der Waals surface area contributed by atoms with Crippen LogP contribution in [0.4, 0.5) is 39.0 Å². The molecule has 0 saturated carbocycles. The quantitative estimate of drug-likeness (QED) is 0.124. The zero-order valence-electron chi connectivity index (χ0n) is 22.9. The van der Waals surface area contributed by atoms with Crippen molar-refractivity contribution in [3.8, 4) is 17.2 Å². The van der Waals surface area contributed by atoms with Crippen molar-refractivity contribution in [1.29, 1.82) is 0 Å². The fourth-order valence-corrected chi connectivity index (χ4v) is 4.82. The highest BCUT2D eigenvalue weighted by Crippen LogP contribution is 2.48. The van der Waals surface area contributed by atoms with E-state index in [0.717, 1.165) is 38.1 Å². The molecule has 0 aliphatic carbocycles. The molecule has 0 bridgehead atoms. The summed E-state index contributed by atoms with van der Waals surface area (Å²) in [4.78, 5) is 18.1. The lowest BCUT2D eigenvalue weighted by Gasteiger charge is -2.33. The van der Waals surface area contributed by atoms with Gasteiger partial charge in [-0.1, -0.05) is 0 Å². The molecule has 3 aromatic rings. The number of likely N-dealkylation sites (tertiary alicyclic amines) is 1. The zero-order valence-corrected chi connectivity index (χ0v) is 22.9. The predicted molar refractivity (Wildman–Crippen MR) is 148 cm³/mol. The number of halogens is 5. The molecular weight excluding hydrogens is 579 g/mol. The lowest BCUT2D eigenvalue weighted by atomic mass is 10.1. The van der Waals surface area contributed by atoms with Gasteiger partial charge >= 0.3 is 18.1 Å². The number of ether oxygens (including phenoxy) is 2. The highest BCUT2D eigenvalue weighted by molar-refractivity contribution is 5.92. The minimum atomic E-state index is -5.85. The maximum Gasteiger partial charge on any atom is 0.458 e. The van der Waals surface area contributed by atoms with E-state index in [4.69, 9.17) is 9.47 Å². The normalized spacial score (nSPS) is 18.4. The number of hydrogen-bond acceptors (Lipinski definition) is 9. The van der Waals surface area contributed by atoms with Gasteiger partial charge in [-0.05, 0) is 56.3 Å². The second-order valence-corrected chi connectivity index (χ2v) is 10.0. The number of rotatable bonds is 10. The third-order valence-corrected chi connectivity index (χ3v) is 6.95. The van der Waals surface area contributed by atoms with E-state index in [1.807, 2.05) is 4.90 Å². The number of nitrogens with one attached hydrogen (secondary N) is 4. The van der Waals surface area contributed by atoms with E-state index < -0.39 is 35.3 Å². The molecule has 2 aromatic carbocycles. The highest BCUT2D eigenvalue weighted by Gasteiger charge is 2.60. The van der Waals surface area contributed by atoms with Gasteiger partial charge < -0.3 is 35.8 Å².